The summed E-state index contributed by atoms with van der Waals surface area (Å²) in [7, 11) is -3.38. The van der Waals surface area contributed by atoms with E-state index in [4.69, 9.17) is 0 Å². The van der Waals surface area contributed by atoms with Gasteiger partial charge in [-0.2, -0.15) is 11.8 Å². The molecule has 0 fully saturated rings. The van der Waals surface area contributed by atoms with Crippen molar-refractivity contribution in [1.82, 2.24) is 5.32 Å². The van der Waals surface area contributed by atoms with E-state index in [9.17, 15) is 13.2 Å². The lowest BCUT2D eigenvalue weighted by Gasteiger charge is -2.12. The predicted octanol–water partition coefficient (Wildman–Crippen LogP) is 3.03. The Morgan fingerprint density at radius 1 is 1.08 bits per heavy atom. The van der Waals surface area contributed by atoms with Crippen LogP contribution >= 0.6 is 11.8 Å². The molecular formula is C18H22N2O3S2. The molecule has 0 aliphatic rings. The first kappa shape index (κ1) is 19.3. The SMILES string of the molecule is Cc1c(NS(C)(=O)=O)cccc1C(=O)NCCSCc1ccccc1. The van der Waals surface area contributed by atoms with E-state index in [2.05, 4.69) is 22.2 Å². The second-order valence-electron chi connectivity index (χ2n) is 5.65. The number of sulfonamides is 1. The highest BCUT2D eigenvalue weighted by molar-refractivity contribution is 7.98. The van der Waals surface area contributed by atoms with E-state index in [0.717, 1.165) is 17.8 Å². The zero-order valence-electron chi connectivity index (χ0n) is 14.3. The van der Waals surface area contributed by atoms with E-state index in [1.165, 1.54) is 5.56 Å². The number of anilines is 1. The molecule has 1 amide bonds. The van der Waals surface area contributed by atoms with Crippen LogP contribution in [0.3, 0.4) is 0 Å². The Bertz CT molecular complexity index is 821. The zero-order valence-corrected chi connectivity index (χ0v) is 15.9. The van der Waals surface area contributed by atoms with Crippen molar-refractivity contribution in [3.05, 3.63) is 65.2 Å². The standard InChI is InChI=1S/C18H22N2O3S2/c1-14-16(9-6-10-17(14)20-25(2,22)23)18(21)19-11-12-24-13-15-7-4-3-5-8-15/h3-10,20H,11-13H2,1-2H3,(H,19,21). The summed E-state index contributed by atoms with van der Waals surface area (Å²) in [5, 5.41) is 2.88. The molecule has 0 saturated heterocycles. The molecule has 2 aromatic rings. The van der Waals surface area contributed by atoms with Crippen LogP contribution < -0.4 is 10.0 Å². The first-order valence-corrected chi connectivity index (χ1v) is 10.9. The number of rotatable bonds is 8. The minimum Gasteiger partial charge on any atom is -0.351 e. The molecule has 0 aliphatic heterocycles. The van der Waals surface area contributed by atoms with Crippen LogP contribution in [-0.2, 0) is 15.8 Å². The zero-order chi connectivity index (χ0) is 18.3. The van der Waals surface area contributed by atoms with Gasteiger partial charge in [0.1, 0.15) is 0 Å². The van der Waals surface area contributed by atoms with Gasteiger partial charge in [0.25, 0.3) is 5.91 Å². The predicted molar refractivity (Wildman–Crippen MR) is 105 cm³/mol. The van der Waals surface area contributed by atoms with Gasteiger partial charge in [-0.05, 0) is 30.2 Å². The number of hydrogen-bond acceptors (Lipinski definition) is 4. The summed E-state index contributed by atoms with van der Waals surface area (Å²) in [5.41, 5.74) is 2.77. The summed E-state index contributed by atoms with van der Waals surface area (Å²) in [5.74, 6) is 1.51. The summed E-state index contributed by atoms with van der Waals surface area (Å²) in [6.45, 7) is 2.28. The van der Waals surface area contributed by atoms with Gasteiger partial charge in [0.2, 0.25) is 10.0 Å². The van der Waals surface area contributed by atoms with E-state index in [1.807, 2.05) is 18.2 Å². The number of benzene rings is 2. The van der Waals surface area contributed by atoms with Gasteiger partial charge in [0.15, 0.2) is 0 Å². The van der Waals surface area contributed by atoms with Crippen molar-refractivity contribution in [1.29, 1.82) is 0 Å². The second kappa shape index (κ2) is 8.92. The molecule has 0 aliphatic carbocycles. The quantitative estimate of drug-likeness (QED) is 0.693. The topological polar surface area (TPSA) is 75.3 Å². The molecule has 0 spiro atoms. The van der Waals surface area contributed by atoms with Crippen LogP contribution in [0.2, 0.25) is 0 Å². The number of nitrogens with one attached hydrogen (secondary N) is 2. The average Bonchev–Trinajstić information content (AvgIpc) is 2.56. The number of carbonyl (C=O) groups excluding carboxylic acids is 1. The number of amides is 1. The van der Waals surface area contributed by atoms with E-state index in [-0.39, 0.29) is 5.91 Å². The van der Waals surface area contributed by atoms with Crippen molar-refractivity contribution in [2.45, 2.75) is 12.7 Å². The van der Waals surface area contributed by atoms with E-state index < -0.39 is 10.0 Å². The van der Waals surface area contributed by atoms with Gasteiger partial charge in [-0.25, -0.2) is 8.42 Å². The number of hydrogen-bond donors (Lipinski definition) is 2. The molecule has 0 aromatic heterocycles. The molecule has 0 radical (unpaired) electrons. The van der Waals surface area contributed by atoms with Crippen molar-refractivity contribution in [3.8, 4) is 0 Å². The normalized spacial score (nSPS) is 11.1. The third-order valence-corrected chi connectivity index (χ3v) is 5.14. The molecule has 7 heteroatoms. The monoisotopic (exact) mass is 378 g/mol. The fourth-order valence-corrected chi connectivity index (χ4v) is 3.73. The Balaban J connectivity index is 1.85. The fraction of sp³-hybridized carbons (Fsp3) is 0.278. The van der Waals surface area contributed by atoms with Crippen molar-refractivity contribution >= 4 is 33.4 Å². The molecule has 2 aromatic carbocycles. The van der Waals surface area contributed by atoms with Gasteiger partial charge >= 0.3 is 0 Å². The first-order valence-electron chi connectivity index (χ1n) is 7.84. The summed E-state index contributed by atoms with van der Waals surface area (Å²) in [6.07, 6.45) is 1.09. The molecule has 0 atom stereocenters. The van der Waals surface area contributed by atoms with Crippen molar-refractivity contribution in [2.75, 3.05) is 23.3 Å². The first-order chi connectivity index (χ1) is 11.9. The van der Waals surface area contributed by atoms with Crippen molar-refractivity contribution in [3.63, 3.8) is 0 Å². The molecule has 5 nitrogen and oxygen atoms in total. The van der Waals surface area contributed by atoms with Crippen LogP contribution in [0.15, 0.2) is 48.5 Å². The summed E-state index contributed by atoms with van der Waals surface area (Å²) >= 11 is 1.75. The average molecular weight is 379 g/mol. The molecule has 0 saturated carbocycles. The maximum Gasteiger partial charge on any atom is 0.251 e. The van der Waals surface area contributed by atoms with E-state index in [0.29, 0.717) is 23.4 Å². The van der Waals surface area contributed by atoms with Crippen LogP contribution in [0.4, 0.5) is 5.69 Å². The van der Waals surface area contributed by atoms with Crippen molar-refractivity contribution < 1.29 is 13.2 Å². The van der Waals surface area contributed by atoms with Gasteiger partial charge in [-0.1, -0.05) is 36.4 Å². The van der Waals surface area contributed by atoms with Crippen LogP contribution in [0.1, 0.15) is 21.5 Å². The van der Waals surface area contributed by atoms with Gasteiger partial charge in [0.05, 0.1) is 11.9 Å². The Morgan fingerprint density at radius 3 is 2.48 bits per heavy atom. The Labute approximate surface area is 153 Å². The third kappa shape index (κ3) is 6.43. The van der Waals surface area contributed by atoms with Gasteiger partial charge in [-0.15, -0.1) is 0 Å². The Hall–Kier alpha value is -1.99. The summed E-state index contributed by atoms with van der Waals surface area (Å²) < 4.78 is 25.2. The minimum absolute atomic E-state index is 0.199. The maximum atomic E-state index is 12.3. The molecule has 25 heavy (non-hydrogen) atoms. The Morgan fingerprint density at radius 2 is 1.80 bits per heavy atom. The minimum atomic E-state index is -3.38. The van der Waals surface area contributed by atoms with Gasteiger partial charge < -0.3 is 5.32 Å². The lowest BCUT2D eigenvalue weighted by Crippen LogP contribution is -2.26. The molecule has 134 valence electrons. The van der Waals surface area contributed by atoms with Crippen LogP contribution in [0.25, 0.3) is 0 Å². The highest BCUT2D eigenvalue weighted by atomic mass is 32.2. The Kier molecular flexibility index (Phi) is 6.90. The summed E-state index contributed by atoms with van der Waals surface area (Å²) in [4.78, 5) is 12.3. The molecular weight excluding hydrogens is 356 g/mol. The highest BCUT2D eigenvalue weighted by Gasteiger charge is 2.13. The fourth-order valence-electron chi connectivity index (χ4n) is 2.29. The van der Waals surface area contributed by atoms with Crippen LogP contribution in [0.5, 0.6) is 0 Å². The molecule has 2 rings (SSSR count). The lowest BCUT2D eigenvalue weighted by molar-refractivity contribution is 0.0955. The highest BCUT2D eigenvalue weighted by Crippen LogP contribution is 2.20. The maximum absolute atomic E-state index is 12.3. The van der Waals surface area contributed by atoms with Gasteiger partial charge in [-0.3, -0.25) is 9.52 Å². The van der Waals surface area contributed by atoms with E-state index >= 15 is 0 Å². The van der Waals surface area contributed by atoms with E-state index in [1.54, 1.807) is 36.9 Å². The largest absolute Gasteiger partial charge is 0.351 e. The van der Waals surface area contributed by atoms with Crippen LogP contribution in [-0.4, -0.2) is 32.9 Å². The molecule has 0 heterocycles. The third-order valence-electron chi connectivity index (χ3n) is 3.52. The van der Waals surface area contributed by atoms with Crippen LogP contribution in [0, 0.1) is 6.92 Å². The molecule has 0 bridgehead atoms. The smallest absolute Gasteiger partial charge is 0.251 e. The lowest BCUT2D eigenvalue weighted by atomic mass is 10.1. The van der Waals surface area contributed by atoms with Crippen molar-refractivity contribution in [2.24, 2.45) is 0 Å². The second-order valence-corrected chi connectivity index (χ2v) is 8.50. The van der Waals surface area contributed by atoms with Gasteiger partial charge in [0, 0.05) is 23.6 Å². The number of thioether (sulfide) groups is 1. The molecule has 2 N–H and O–H groups in total. The number of carbonyl (C=O) groups is 1. The molecule has 0 unspecified atom stereocenters. The summed E-state index contributed by atoms with van der Waals surface area (Å²) in [6, 6.07) is 15.2.